The molecule has 0 bridgehead atoms. The number of ether oxygens (including phenoxy) is 1. The van der Waals surface area contributed by atoms with Crippen LogP contribution in [0.25, 0.3) is 0 Å². The molecule has 1 saturated heterocycles. The summed E-state index contributed by atoms with van der Waals surface area (Å²) in [6, 6.07) is 4.74. The highest BCUT2D eigenvalue weighted by atomic mass is 19.1. The van der Waals surface area contributed by atoms with Gasteiger partial charge in [-0.15, -0.1) is 0 Å². The van der Waals surface area contributed by atoms with Crippen LogP contribution in [-0.2, 0) is 4.74 Å². The molecule has 1 aromatic carbocycles. The number of hydrogen-bond acceptors (Lipinski definition) is 4. The van der Waals surface area contributed by atoms with Gasteiger partial charge in [0.25, 0.3) is 0 Å². The number of anilines is 2. The van der Waals surface area contributed by atoms with Gasteiger partial charge < -0.3 is 20.7 Å². The first kappa shape index (κ1) is 14.4. The van der Waals surface area contributed by atoms with E-state index in [-0.39, 0.29) is 18.0 Å². The molecule has 6 heteroatoms. The maximum atomic E-state index is 13.7. The Labute approximate surface area is 117 Å². The van der Waals surface area contributed by atoms with E-state index in [0.29, 0.717) is 31.1 Å². The van der Waals surface area contributed by atoms with Crippen molar-refractivity contribution in [2.24, 2.45) is 0 Å². The van der Waals surface area contributed by atoms with Crippen LogP contribution in [0.5, 0.6) is 0 Å². The van der Waals surface area contributed by atoms with E-state index in [1.165, 1.54) is 6.07 Å². The van der Waals surface area contributed by atoms with Gasteiger partial charge >= 0.3 is 6.09 Å². The molecule has 1 aromatic rings. The molecule has 1 aliphatic heterocycles. The van der Waals surface area contributed by atoms with E-state index in [9.17, 15) is 9.18 Å². The highest BCUT2D eigenvalue weighted by molar-refractivity contribution is 5.68. The summed E-state index contributed by atoms with van der Waals surface area (Å²) in [5.74, 6) is -0.349. The van der Waals surface area contributed by atoms with E-state index >= 15 is 0 Å². The molecule has 1 aliphatic rings. The Morgan fingerprint density at radius 1 is 1.50 bits per heavy atom. The highest BCUT2D eigenvalue weighted by Gasteiger charge is 2.24. The molecule has 0 atom stereocenters. The zero-order chi connectivity index (χ0) is 14.5. The van der Waals surface area contributed by atoms with Gasteiger partial charge in [0.2, 0.25) is 0 Å². The van der Waals surface area contributed by atoms with E-state index in [1.807, 2.05) is 0 Å². The second kappa shape index (κ2) is 6.45. The summed E-state index contributed by atoms with van der Waals surface area (Å²) in [5, 5.41) is 3.13. The van der Waals surface area contributed by atoms with Gasteiger partial charge in [0, 0.05) is 19.1 Å². The fourth-order valence-corrected chi connectivity index (χ4v) is 2.32. The predicted molar refractivity (Wildman–Crippen MR) is 76.1 cm³/mol. The molecule has 1 amide bonds. The third-order valence-corrected chi connectivity index (χ3v) is 3.42. The molecule has 0 aromatic heterocycles. The second-order valence-corrected chi connectivity index (χ2v) is 4.81. The minimum absolute atomic E-state index is 0.111. The first-order chi connectivity index (χ1) is 9.61. The van der Waals surface area contributed by atoms with Gasteiger partial charge in [-0.3, -0.25) is 0 Å². The van der Waals surface area contributed by atoms with E-state index in [1.54, 1.807) is 24.0 Å². The first-order valence-electron chi connectivity index (χ1n) is 6.84. The number of nitrogens with one attached hydrogen (secondary N) is 1. The van der Waals surface area contributed by atoms with Crippen molar-refractivity contribution in [1.29, 1.82) is 0 Å². The molecule has 0 radical (unpaired) electrons. The molecule has 20 heavy (non-hydrogen) atoms. The fourth-order valence-electron chi connectivity index (χ4n) is 2.32. The number of nitrogens with two attached hydrogens (primary N) is 1. The van der Waals surface area contributed by atoms with Gasteiger partial charge in [-0.05, 0) is 31.9 Å². The lowest BCUT2D eigenvalue weighted by atomic mass is 10.0. The van der Waals surface area contributed by atoms with Crippen LogP contribution in [0.4, 0.5) is 20.6 Å². The Balaban J connectivity index is 1.90. The summed E-state index contributed by atoms with van der Waals surface area (Å²) in [6.45, 7) is 3.37. The van der Waals surface area contributed by atoms with Crippen LogP contribution in [-0.4, -0.2) is 36.7 Å². The summed E-state index contributed by atoms with van der Waals surface area (Å²) in [4.78, 5) is 13.2. The Hall–Kier alpha value is -1.98. The molecule has 5 nitrogen and oxygen atoms in total. The van der Waals surface area contributed by atoms with E-state index < -0.39 is 0 Å². The zero-order valence-corrected chi connectivity index (χ0v) is 11.6. The van der Waals surface area contributed by atoms with Gasteiger partial charge in [-0.1, -0.05) is 6.07 Å². The zero-order valence-electron chi connectivity index (χ0n) is 11.6. The second-order valence-electron chi connectivity index (χ2n) is 4.81. The molecular formula is C14H20FN3O2. The number of carbonyl (C=O) groups excluding carboxylic acids is 1. The molecule has 1 fully saturated rings. The Kier molecular flexibility index (Phi) is 4.65. The van der Waals surface area contributed by atoms with Gasteiger partial charge in [0.05, 0.1) is 18.0 Å². The molecule has 1 heterocycles. The molecule has 0 saturated carbocycles. The summed E-state index contributed by atoms with van der Waals surface area (Å²) in [7, 11) is 0. The van der Waals surface area contributed by atoms with Crippen molar-refractivity contribution >= 4 is 17.5 Å². The average Bonchev–Trinajstić information content (AvgIpc) is 2.44. The van der Waals surface area contributed by atoms with Gasteiger partial charge in [-0.2, -0.15) is 0 Å². The van der Waals surface area contributed by atoms with E-state index in [0.717, 1.165) is 12.8 Å². The maximum Gasteiger partial charge on any atom is 0.409 e. The number of amides is 1. The number of likely N-dealkylation sites (tertiary alicyclic amines) is 1. The summed E-state index contributed by atoms with van der Waals surface area (Å²) in [6.07, 6.45) is 1.20. The number of halogens is 1. The molecule has 0 spiro atoms. The molecule has 110 valence electrons. The summed E-state index contributed by atoms with van der Waals surface area (Å²) >= 11 is 0. The summed E-state index contributed by atoms with van der Waals surface area (Å²) in [5.41, 5.74) is 6.52. The largest absolute Gasteiger partial charge is 0.450 e. The fraction of sp³-hybridized carbons (Fsp3) is 0.500. The number of nitrogen functional groups attached to an aromatic ring is 1. The monoisotopic (exact) mass is 281 g/mol. The number of para-hydroxylation sites is 1. The normalized spacial score (nSPS) is 16.0. The number of rotatable bonds is 3. The number of benzene rings is 1. The van der Waals surface area contributed by atoms with Crippen molar-refractivity contribution in [3.8, 4) is 0 Å². The van der Waals surface area contributed by atoms with Crippen LogP contribution in [0, 0.1) is 5.82 Å². The Morgan fingerprint density at radius 3 is 2.80 bits per heavy atom. The van der Waals surface area contributed by atoms with Crippen molar-refractivity contribution in [3.05, 3.63) is 24.0 Å². The Morgan fingerprint density at radius 2 is 2.20 bits per heavy atom. The minimum Gasteiger partial charge on any atom is -0.450 e. The first-order valence-corrected chi connectivity index (χ1v) is 6.84. The van der Waals surface area contributed by atoms with Crippen molar-refractivity contribution in [2.75, 3.05) is 30.7 Å². The van der Waals surface area contributed by atoms with Crippen molar-refractivity contribution in [1.82, 2.24) is 4.90 Å². The van der Waals surface area contributed by atoms with Crippen LogP contribution in [0.1, 0.15) is 19.8 Å². The van der Waals surface area contributed by atoms with Crippen molar-refractivity contribution < 1.29 is 13.9 Å². The highest BCUT2D eigenvalue weighted by Crippen LogP contribution is 2.25. The van der Waals surface area contributed by atoms with Crippen LogP contribution < -0.4 is 11.1 Å². The van der Waals surface area contributed by atoms with Crippen LogP contribution in [0.15, 0.2) is 18.2 Å². The number of nitrogens with zero attached hydrogens (tertiary/aromatic N) is 1. The third kappa shape index (κ3) is 3.31. The predicted octanol–water partition coefficient (Wildman–Crippen LogP) is 2.44. The lowest BCUT2D eigenvalue weighted by molar-refractivity contribution is 0.0983. The van der Waals surface area contributed by atoms with Crippen LogP contribution in [0.2, 0.25) is 0 Å². The SMILES string of the molecule is CCOC(=O)N1CCC(Nc2c(N)cccc2F)CC1. The van der Waals surface area contributed by atoms with E-state index in [2.05, 4.69) is 5.32 Å². The Bertz CT molecular complexity index is 453. The van der Waals surface area contributed by atoms with Gasteiger partial charge in [0.15, 0.2) is 0 Å². The van der Waals surface area contributed by atoms with Gasteiger partial charge in [0.1, 0.15) is 5.82 Å². The average molecular weight is 281 g/mol. The standard InChI is InChI=1S/C14H20FN3O2/c1-2-20-14(19)18-8-6-10(7-9-18)17-13-11(15)4-3-5-12(13)16/h3-5,10,17H,2,6-9,16H2,1H3. The number of hydrogen-bond donors (Lipinski definition) is 2. The van der Waals surface area contributed by atoms with Crippen LogP contribution in [0.3, 0.4) is 0 Å². The van der Waals surface area contributed by atoms with Crippen molar-refractivity contribution in [3.63, 3.8) is 0 Å². The lowest BCUT2D eigenvalue weighted by Gasteiger charge is -2.32. The summed E-state index contributed by atoms with van der Waals surface area (Å²) < 4.78 is 18.6. The van der Waals surface area contributed by atoms with E-state index in [4.69, 9.17) is 10.5 Å². The third-order valence-electron chi connectivity index (χ3n) is 3.42. The topological polar surface area (TPSA) is 67.6 Å². The minimum atomic E-state index is -0.349. The molecule has 0 aliphatic carbocycles. The molecule has 3 N–H and O–H groups in total. The van der Waals surface area contributed by atoms with Gasteiger partial charge in [-0.25, -0.2) is 9.18 Å². The maximum absolute atomic E-state index is 13.7. The van der Waals surface area contributed by atoms with Crippen molar-refractivity contribution in [2.45, 2.75) is 25.8 Å². The molecule has 2 rings (SSSR count). The smallest absolute Gasteiger partial charge is 0.409 e. The number of carbonyl (C=O) groups is 1. The molecular weight excluding hydrogens is 261 g/mol. The molecule has 0 unspecified atom stereocenters. The lowest BCUT2D eigenvalue weighted by Crippen LogP contribution is -2.42. The van der Waals surface area contributed by atoms with Crippen LogP contribution >= 0.6 is 0 Å². The quantitative estimate of drug-likeness (QED) is 0.835. The number of piperidine rings is 1.